The fraction of sp³-hybridized carbons (Fsp3) is 0.0526. The number of fused-ring (bicyclic) bond motifs is 4. The largest absolute Gasteiger partial charge is 0.334 e. The first-order chi connectivity index (χ1) is 22.6. The van der Waals surface area contributed by atoms with Crippen molar-refractivity contribution in [3.63, 3.8) is 0 Å². The number of hydrogen-bond donors (Lipinski definition) is 0. The van der Waals surface area contributed by atoms with Crippen LogP contribution in [-0.4, -0.2) is 33.6 Å². The molecular weight excluding hydrogens is 587 g/mol. The van der Waals surface area contributed by atoms with E-state index in [0.717, 1.165) is 71.5 Å². The standard InChI is InChI=1S/C38H27N7S/c1-43-17-15-40-36(43)24-11-13-32-35(23-24)46-38(42-32)25-10-12-30-29-7-3-4-9-33(29)45(34(30)22-25)28-20-26(31-8-5-6-14-39-31)19-27(21-28)37-41-16-18-44(37)2/h3-23H,1-2H3. The molecule has 0 amide bonds. The van der Waals surface area contributed by atoms with Gasteiger partial charge in [-0.25, -0.2) is 15.0 Å². The Balaban J connectivity index is 1.26. The first-order valence-electron chi connectivity index (χ1n) is 15.1. The molecule has 5 heterocycles. The molecule has 0 aliphatic carbocycles. The van der Waals surface area contributed by atoms with E-state index in [0.29, 0.717) is 0 Å². The van der Waals surface area contributed by atoms with Gasteiger partial charge in [-0.05, 0) is 60.7 Å². The predicted molar refractivity (Wildman–Crippen MR) is 187 cm³/mol. The molecule has 0 bridgehead atoms. The Hall–Kier alpha value is -5.86. The molecule has 7 nitrogen and oxygen atoms in total. The summed E-state index contributed by atoms with van der Waals surface area (Å²) >= 11 is 1.71. The molecule has 0 aliphatic rings. The van der Waals surface area contributed by atoms with Crippen LogP contribution in [0.1, 0.15) is 0 Å². The molecule has 0 saturated heterocycles. The monoisotopic (exact) mass is 613 g/mol. The number of hydrogen-bond acceptors (Lipinski definition) is 5. The van der Waals surface area contributed by atoms with Crippen LogP contribution in [-0.2, 0) is 14.1 Å². The maximum absolute atomic E-state index is 5.07. The van der Waals surface area contributed by atoms with Crippen molar-refractivity contribution in [2.45, 2.75) is 0 Å². The van der Waals surface area contributed by atoms with Gasteiger partial charge in [-0.1, -0.05) is 36.4 Å². The number of imidazole rings is 2. The van der Waals surface area contributed by atoms with Crippen molar-refractivity contribution in [1.82, 2.24) is 33.6 Å². The summed E-state index contributed by atoms with van der Waals surface area (Å²) in [5, 5.41) is 3.38. The highest BCUT2D eigenvalue weighted by molar-refractivity contribution is 7.21. The van der Waals surface area contributed by atoms with Crippen molar-refractivity contribution in [1.29, 1.82) is 0 Å². The van der Waals surface area contributed by atoms with E-state index >= 15 is 0 Å². The maximum Gasteiger partial charge on any atom is 0.139 e. The molecule has 9 aromatic rings. The lowest BCUT2D eigenvalue weighted by atomic mass is 10.0. The molecular formula is C38H27N7S. The summed E-state index contributed by atoms with van der Waals surface area (Å²) in [6, 6.07) is 34.4. The number of pyridine rings is 1. The first-order valence-corrected chi connectivity index (χ1v) is 15.9. The van der Waals surface area contributed by atoms with Gasteiger partial charge in [0.1, 0.15) is 16.7 Å². The fourth-order valence-corrected chi connectivity index (χ4v) is 7.41. The highest BCUT2D eigenvalue weighted by Crippen LogP contribution is 2.39. The van der Waals surface area contributed by atoms with Crippen molar-refractivity contribution >= 4 is 43.4 Å². The van der Waals surface area contributed by atoms with Crippen molar-refractivity contribution in [2.24, 2.45) is 14.1 Å². The molecule has 46 heavy (non-hydrogen) atoms. The molecule has 0 aliphatic heterocycles. The molecule has 0 atom stereocenters. The third-order valence-corrected chi connectivity index (χ3v) is 9.67. The van der Waals surface area contributed by atoms with E-state index in [4.69, 9.17) is 15.0 Å². The molecule has 220 valence electrons. The average molecular weight is 614 g/mol. The van der Waals surface area contributed by atoms with Crippen molar-refractivity contribution in [3.8, 4) is 50.3 Å². The first kappa shape index (κ1) is 26.5. The van der Waals surface area contributed by atoms with Gasteiger partial charge in [0.25, 0.3) is 0 Å². The van der Waals surface area contributed by atoms with E-state index < -0.39 is 0 Å². The lowest BCUT2D eigenvalue weighted by Crippen LogP contribution is -1.98. The molecule has 5 aromatic heterocycles. The quantitative estimate of drug-likeness (QED) is 0.194. The number of para-hydroxylation sites is 1. The van der Waals surface area contributed by atoms with Gasteiger partial charge in [0, 0.05) is 83.8 Å². The van der Waals surface area contributed by atoms with Crippen LogP contribution in [0.25, 0.3) is 82.3 Å². The van der Waals surface area contributed by atoms with E-state index in [2.05, 4.69) is 99.0 Å². The van der Waals surface area contributed by atoms with Crippen LogP contribution in [0.3, 0.4) is 0 Å². The van der Waals surface area contributed by atoms with Crippen molar-refractivity contribution in [3.05, 3.63) is 128 Å². The third kappa shape index (κ3) is 4.26. The number of benzene rings is 4. The molecule has 0 saturated carbocycles. The van der Waals surface area contributed by atoms with Gasteiger partial charge in [0.15, 0.2) is 0 Å². The highest BCUT2D eigenvalue weighted by atomic mass is 32.1. The Labute approximate surface area is 268 Å². The van der Waals surface area contributed by atoms with E-state index in [1.54, 1.807) is 11.3 Å². The van der Waals surface area contributed by atoms with E-state index in [9.17, 15) is 0 Å². The second kappa shape index (κ2) is 10.4. The Morgan fingerprint density at radius 1 is 0.565 bits per heavy atom. The number of nitrogens with zero attached hydrogens (tertiary/aromatic N) is 7. The van der Waals surface area contributed by atoms with Gasteiger partial charge in [-0.3, -0.25) is 4.98 Å². The molecule has 8 heteroatoms. The summed E-state index contributed by atoms with van der Waals surface area (Å²) in [4.78, 5) is 19.0. The normalized spacial score (nSPS) is 11.7. The third-order valence-electron chi connectivity index (χ3n) is 8.60. The van der Waals surface area contributed by atoms with Gasteiger partial charge in [0.05, 0.1) is 26.9 Å². The van der Waals surface area contributed by atoms with Gasteiger partial charge >= 0.3 is 0 Å². The zero-order valence-corrected chi connectivity index (χ0v) is 26.0. The average Bonchev–Trinajstić information content (AvgIpc) is 3.89. The topological polar surface area (TPSA) is 66.3 Å². The lowest BCUT2D eigenvalue weighted by molar-refractivity contribution is 0.924. The van der Waals surface area contributed by atoms with Gasteiger partial charge < -0.3 is 13.7 Å². The molecule has 0 spiro atoms. The van der Waals surface area contributed by atoms with Crippen LogP contribution in [0.15, 0.2) is 128 Å². The molecule has 9 rings (SSSR count). The highest BCUT2D eigenvalue weighted by Gasteiger charge is 2.18. The second-order valence-electron chi connectivity index (χ2n) is 11.5. The van der Waals surface area contributed by atoms with Gasteiger partial charge in [0.2, 0.25) is 0 Å². The maximum atomic E-state index is 5.07. The number of thiazole rings is 1. The summed E-state index contributed by atoms with van der Waals surface area (Å²) in [6.45, 7) is 0. The van der Waals surface area contributed by atoms with Crippen LogP contribution >= 0.6 is 11.3 Å². The summed E-state index contributed by atoms with van der Waals surface area (Å²) in [5.74, 6) is 1.85. The molecule has 0 unspecified atom stereocenters. The summed E-state index contributed by atoms with van der Waals surface area (Å²) in [7, 11) is 4.05. The van der Waals surface area contributed by atoms with Gasteiger partial charge in [-0.2, -0.15) is 0 Å². The Morgan fingerprint density at radius 2 is 1.30 bits per heavy atom. The minimum Gasteiger partial charge on any atom is -0.334 e. The SMILES string of the molecule is Cn1ccnc1-c1cc(-c2ccccn2)cc(-n2c3ccccc3c3ccc(-c4nc5ccc(-c6nccn6C)cc5s4)cc32)c1. The number of aromatic nitrogens is 7. The molecule has 4 aromatic carbocycles. The van der Waals surface area contributed by atoms with Crippen LogP contribution in [0.2, 0.25) is 0 Å². The van der Waals surface area contributed by atoms with Crippen molar-refractivity contribution < 1.29 is 0 Å². The minimum absolute atomic E-state index is 0.903. The van der Waals surface area contributed by atoms with Crippen LogP contribution in [0, 0.1) is 0 Å². The van der Waals surface area contributed by atoms with E-state index in [1.165, 1.54) is 10.8 Å². The zero-order chi connectivity index (χ0) is 30.8. The second-order valence-corrected chi connectivity index (χ2v) is 12.5. The zero-order valence-electron chi connectivity index (χ0n) is 25.2. The van der Waals surface area contributed by atoms with Crippen LogP contribution in [0.4, 0.5) is 0 Å². The van der Waals surface area contributed by atoms with Crippen molar-refractivity contribution in [2.75, 3.05) is 0 Å². The van der Waals surface area contributed by atoms with Crippen LogP contribution in [0.5, 0.6) is 0 Å². The Kier molecular flexibility index (Phi) is 5.97. The summed E-state index contributed by atoms with van der Waals surface area (Å²) in [5.41, 5.74) is 9.45. The lowest BCUT2D eigenvalue weighted by Gasteiger charge is -2.13. The van der Waals surface area contributed by atoms with Crippen LogP contribution < -0.4 is 0 Å². The van der Waals surface area contributed by atoms with E-state index in [1.807, 2.05) is 61.8 Å². The van der Waals surface area contributed by atoms with Gasteiger partial charge in [-0.15, -0.1) is 11.3 Å². The minimum atomic E-state index is 0.903. The fourth-order valence-electron chi connectivity index (χ4n) is 6.41. The Morgan fingerprint density at radius 3 is 2.09 bits per heavy atom. The molecule has 0 fully saturated rings. The molecule has 0 radical (unpaired) electrons. The summed E-state index contributed by atoms with van der Waals surface area (Å²) in [6.07, 6.45) is 9.46. The predicted octanol–water partition coefficient (Wildman–Crippen LogP) is 8.92. The smallest absolute Gasteiger partial charge is 0.139 e. The Bertz CT molecular complexity index is 2570. The van der Waals surface area contributed by atoms with E-state index in [-0.39, 0.29) is 0 Å². The summed E-state index contributed by atoms with van der Waals surface area (Å²) < 4.78 is 7.59. The number of aryl methyl sites for hydroxylation is 2. The number of rotatable bonds is 5. The molecule has 0 N–H and O–H groups in total.